The van der Waals surface area contributed by atoms with Crippen LogP contribution in [0.1, 0.15) is 25.7 Å². The van der Waals surface area contributed by atoms with Gasteiger partial charge < -0.3 is 23.7 Å². The van der Waals surface area contributed by atoms with E-state index in [0.29, 0.717) is 65.3 Å². The van der Waals surface area contributed by atoms with Crippen molar-refractivity contribution in [3.05, 3.63) is 0 Å². The van der Waals surface area contributed by atoms with Crippen molar-refractivity contribution in [2.45, 2.75) is 25.7 Å². The van der Waals surface area contributed by atoms with E-state index in [1.165, 1.54) is 0 Å². The van der Waals surface area contributed by atoms with E-state index in [1.807, 2.05) is 0 Å². The Labute approximate surface area is 124 Å². The third-order valence-corrected chi connectivity index (χ3v) is 2.74. The molecule has 7 nitrogen and oxygen atoms in total. The Morgan fingerprint density at radius 3 is 1.24 bits per heavy atom. The summed E-state index contributed by atoms with van der Waals surface area (Å²) in [5, 5.41) is 0. The quantitative estimate of drug-likeness (QED) is 0.609. The molecule has 0 atom stereocenters. The summed E-state index contributed by atoms with van der Waals surface area (Å²) in [6, 6.07) is 0. The molecule has 0 aromatic rings. The van der Waals surface area contributed by atoms with Gasteiger partial charge in [-0.3, -0.25) is 9.59 Å². The molecule has 1 aliphatic rings. The van der Waals surface area contributed by atoms with Crippen molar-refractivity contribution in [2.75, 3.05) is 52.9 Å². The van der Waals surface area contributed by atoms with Crippen LogP contribution < -0.4 is 0 Å². The first kappa shape index (κ1) is 17.9. The van der Waals surface area contributed by atoms with Crippen molar-refractivity contribution in [3.8, 4) is 0 Å². The molecule has 0 N–H and O–H groups in total. The molecular formula is C14H24O7. The molecule has 0 spiro atoms. The Morgan fingerprint density at radius 1 is 0.524 bits per heavy atom. The monoisotopic (exact) mass is 304 g/mol. The zero-order valence-electron chi connectivity index (χ0n) is 12.3. The summed E-state index contributed by atoms with van der Waals surface area (Å²) in [4.78, 5) is 22.7. The highest BCUT2D eigenvalue weighted by atomic mass is 16.6. The molecule has 0 aliphatic carbocycles. The first-order valence-electron chi connectivity index (χ1n) is 7.33. The summed E-state index contributed by atoms with van der Waals surface area (Å²) in [5.74, 6) is -0.538. The summed E-state index contributed by atoms with van der Waals surface area (Å²) in [5.41, 5.74) is 0. The van der Waals surface area contributed by atoms with Crippen LogP contribution in [0.3, 0.4) is 0 Å². The van der Waals surface area contributed by atoms with Gasteiger partial charge in [0.2, 0.25) is 0 Å². The molecule has 0 bridgehead atoms. The summed E-state index contributed by atoms with van der Waals surface area (Å²) in [6.45, 7) is 3.03. The molecule has 1 saturated heterocycles. The topological polar surface area (TPSA) is 80.3 Å². The van der Waals surface area contributed by atoms with E-state index in [-0.39, 0.29) is 25.2 Å². The van der Waals surface area contributed by atoms with Crippen molar-refractivity contribution in [3.63, 3.8) is 0 Å². The highest BCUT2D eigenvalue weighted by molar-refractivity contribution is 5.70. The van der Waals surface area contributed by atoms with Crippen LogP contribution in [0.15, 0.2) is 0 Å². The summed E-state index contributed by atoms with van der Waals surface area (Å²) < 4.78 is 25.8. The summed E-state index contributed by atoms with van der Waals surface area (Å²) in [7, 11) is 0. The molecule has 1 heterocycles. The lowest BCUT2D eigenvalue weighted by Crippen LogP contribution is -2.14. The van der Waals surface area contributed by atoms with Crippen LogP contribution in [-0.4, -0.2) is 64.8 Å². The minimum Gasteiger partial charge on any atom is -0.463 e. The zero-order valence-corrected chi connectivity index (χ0v) is 12.3. The zero-order chi connectivity index (χ0) is 15.2. The predicted molar refractivity (Wildman–Crippen MR) is 72.8 cm³/mol. The third kappa shape index (κ3) is 11.2. The van der Waals surface area contributed by atoms with Gasteiger partial charge in [0.15, 0.2) is 0 Å². The smallest absolute Gasteiger partial charge is 0.305 e. The third-order valence-electron chi connectivity index (χ3n) is 2.74. The predicted octanol–water partition coefficient (Wildman–Crippen LogP) is 0.697. The molecular weight excluding hydrogens is 280 g/mol. The molecule has 0 unspecified atom stereocenters. The van der Waals surface area contributed by atoms with Gasteiger partial charge in [0.05, 0.1) is 39.6 Å². The van der Waals surface area contributed by atoms with Gasteiger partial charge in [-0.2, -0.15) is 0 Å². The van der Waals surface area contributed by atoms with E-state index < -0.39 is 0 Å². The lowest BCUT2D eigenvalue weighted by molar-refractivity contribution is -0.147. The van der Waals surface area contributed by atoms with Gasteiger partial charge >= 0.3 is 11.9 Å². The Bertz CT molecular complexity index is 265. The van der Waals surface area contributed by atoms with Gasteiger partial charge in [0, 0.05) is 12.8 Å². The minimum absolute atomic E-state index is 0.240. The van der Waals surface area contributed by atoms with Gasteiger partial charge in [-0.05, 0) is 12.8 Å². The van der Waals surface area contributed by atoms with Gasteiger partial charge in [0.25, 0.3) is 0 Å². The highest BCUT2D eigenvalue weighted by Gasteiger charge is 2.06. The highest BCUT2D eigenvalue weighted by Crippen LogP contribution is 2.03. The molecule has 0 amide bonds. The van der Waals surface area contributed by atoms with E-state index in [2.05, 4.69) is 0 Å². The van der Waals surface area contributed by atoms with Gasteiger partial charge in [0.1, 0.15) is 13.2 Å². The molecule has 0 saturated carbocycles. The number of hydrogen-bond donors (Lipinski definition) is 0. The first-order chi connectivity index (χ1) is 10.3. The molecule has 1 fully saturated rings. The van der Waals surface area contributed by atoms with Gasteiger partial charge in [-0.25, -0.2) is 0 Å². The maximum absolute atomic E-state index is 11.4. The van der Waals surface area contributed by atoms with Crippen LogP contribution in [0.4, 0.5) is 0 Å². The van der Waals surface area contributed by atoms with Crippen LogP contribution in [0.2, 0.25) is 0 Å². The molecule has 0 radical (unpaired) electrons. The number of esters is 2. The largest absolute Gasteiger partial charge is 0.463 e. The van der Waals surface area contributed by atoms with E-state index in [1.54, 1.807) is 0 Å². The second-order valence-electron chi connectivity index (χ2n) is 4.49. The fourth-order valence-corrected chi connectivity index (χ4v) is 1.65. The average molecular weight is 304 g/mol. The molecule has 122 valence electrons. The minimum atomic E-state index is -0.269. The number of hydrogen-bond acceptors (Lipinski definition) is 7. The normalized spacial score (nSPS) is 22.3. The Kier molecular flexibility index (Phi) is 10.7. The van der Waals surface area contributed by atoms with Crippen LogP contribution in [-0.2, 0) is 33.3 Å². The van der Waals surface area contributed by atoms with Crippen molar-refractivity contribution in [2.24, 2.45) is 0 Å². The van der Waals surface area contributed by atoms with Crippen molar-refractivity contribution in [1.29, 1.82) is 0 Å². The van der Waals surface area contributed by atoms with E-state index in [0.717, 1.165) is 0 Å². The van der Waals surface area contributed by atoms with Crippen LogP contribution in [0.5, 0.6) is 0 Å². The molecule has 21 heavy (non-hydrogen) atoms. The fraction of sp³-hybridized carbons (Fsp3) is 0.857. The SMILES string of the molecule is O=C1CCCCC(=O)OCCOCCOCCOCCO1. The van der Waals surface area contributed by atoms with Crippen LogP contribution >= 0.6 is 0 Å². The Morgan fingerprint density at radius 2 is 0.857 bits per heavy atom. The summed E-state index contributed by atoms with van der Waals surface area (Å²) >= 11 is 0. The van der Waals surface area contributed by atoms with Crippen LogP contribution in [0.25, 0.3) is 0 Å². The molecule has 1 rings (SSSR count). The standard InChI is InChI=1S/C14H24O7/c15-13-3-1-2-4-14(16)21-12-10-19-8-6-17-5-7-18-9-11-20-13/h1-12H2. The fourth-order valence-electron chi connectivity index (χ4n) is 1.65. The average Bonchev–Trinajstić information content (AvgIpc) is 2.47. The number of cyclic esters (lactones) is 2. The lowest BCUT2D eigenvalue weighted by Gasteiger charge is -2.07. The number of ether oxygens (including phenoxy) is 5. The van der Waals surface area contributed by atoms with E-state index >= 15 is 0 Å². The lowest BCUT2D eigenvalue weighted by atomic mass is 10.2. The van der Waals surface area contributed by atoms with Crippen molar-refractivity contribution < 1.29 is 33.3 Å². The van der Waals surface area contributed by atoms with Crippen molar-refractivity contribution >= 4 is 11.9 Å². The second kappa shape index (κ2) is 12.6. The molecule has 1 aliphatic heterocycles. The molecule has 0 aromatic heterocycles. The Balaban J connectivity index is 2.20. The first-order valence-corrected chi connectivity index (χ1v) is 7.33. The maximum Gasteiger partial charge on any atom is 0.305 e. The molecule has 0 aromatic carbocycles. The maximum atomic E-state index is 11.4. The van der Waals surface area contributed by atoms with E-state index in [9.17, 15) is 9.59 Å². The number of carbonyl (C=O) groups is 2. The summed E-state index contributed by atoms with van der Waals surface area (Å²) in [6.07, 6.45) is 1.83. The van der Waals surface area contributed by atoms with Crippen LogP contribution in [0, 0.1) is 0 Å². The number of carbonyl (C=O) groups excluding carboxylic acids is 2. The van der Waals surface area contributed by atoms with Gasteiger partial charge in [-0.1, -0.05) is 0 Å². The number of rotatable bonds is 0. The van der Waals surface area contributed by atoms with Gasteiger partial charge in [-0.15, -0.1) is 0 Å². The van der Waals surface area contributed by atoms with Crippen molar-refractivity contribution in [1.82, 2.24) is 0 Å². The molecule has 7 heteroatoms. The van der Waals surface area contributed by atoms with E-state index in [4.69, 9.17) is 23.7 Å². The second-order valence-corrected chi connectivity index (χ2v) is 4.49. The Hall–Kier alpha value is -1.18.